The molecule has 0 radical (unpaired) electrons. The van der Waals surface area contributed by atoms with Crippen molar-refractivity contribution in [1.82, 2.24) is 15.5 Å². The Bertz CT molecular complexity index is 456. The van der Waals surface area contributed by atoms with Gasteiger partial charge in [0.25, 0.3) is 0 Å². The maximum Gasteiger partial charge on any atom is 0.315 e. The molecule has 0 saturated carbocycles. The van der Waals surface area contributed by atoms with E-state index in [1.165, 1.54) is 12.0 Å². The van der Waals surface area contributed by atoms with Crippen molar-refractivity contribution in [3.63, 3.8) is 0 Å². The SMILES string of the molecule is O=C(NCCc1ccccc1)NCC(=O)N1CCCCC1. The third-order valence-corrected chi connectivity index (χ3v) is 3.65. The molecule has 0 spiro atoms. The van der Waals surface area contributed by atoms with Crippen molar-refractivity contribution in [2.75, 3.05) is 26.2 Å². The summed E-state index contributed by atoms with van der Waals surface area (Å²) in [5.74, 6) is 0.00732. The number of hydrogen-bond donors (Lipinski definition) is 2. The summed E-state index contributed by atoms with van der Waals surface area (Å²) < 4.78 is 0. The van der Waals surface area contributed by atoms with Crippen LogP contribution in [0.15, 0.2) is 30.3 Å². The topological polar surface area (TPSA) is 61.4 Å². The number of rotatable bonds is 5. The molecule has 0 atom stereocenters. The minimum atomic E-state index is -0.281. The second kappa shape index (κ2) is 8.29. The molecule has 0 aliphatic carbocycles. The first-order valence-electron chi connectivity index (χ1n) is 7.59. The molecular weight excluding hydrogens is 266 g/mol. The number of nitrogens with one attached hydrogen (secondary N) is 2. The Labute approximate surface area is 125 Å². The number of urea groups is 1. The molecule has 0 unspecified atom stereocenters. The van der Waals surface area contributed by atoms with Crippen molar-refractivity contribution < 1.29 is 9.59 Å². The Morgan fingerprint density at radius 3 is 2.43 bits per heavy atom. The highest BCUT2D eigenvalue weighted by atomic mass is 16.2. The first kappa shape index (κ1) is 15.4. The van der Waals surface area contributed by atoms with Gasteiger partial charge in [-0.25, -0.2) is 4.79 Å². The summed E-state index contributed by atoms with van der Waals surface area (Å²) in [6.45, 7) is 2.28. The standard InChI is InChI=1S/C16H23N3O2/c20-15(19-11-5-2-6-12-19)13-18-16(21)17-10-9-14-7-3-1-4-8-14/h1,3-4,7-8H,2,5-6,9-13H2,(H2,17,18,21). The van der Waals surface area contributed by atoms with E-state index < -0.39 is 0 Å². The van der Waals surface area contributed by atoms with Gasteiger partial charge in [-0.3, -0.25) is 4.79 Å². The molecule has 1 aromatic carbocycles. The Morgan fingerprint density at radius 1 is 1.00 bits per heavy atom. The molecule has 1 saturated heterocycles. The molecule has 1 heterocycles. The van der Waals surface area contributed by atoms with E-state index in [1.54, 1.807) is 0 Å². The third-order valence-electron chi connectivity index (χ3n) is 3.65. The van der Waals surface area contributed by atoms with E-state index in [2.05, 4.69) is 10.6 Å². The number of carbonyl (C=O) groups is 2. The first-order valence-corrected chi connectivity index (χ1v) is 7.59. The second-order valence-electron chi connectivity index (χ2n) is 5.29. The molecule has 1 aliphatic rings. The van der Waals surface area contributed by atoms with Gasteiger partial charge in [0.05, 0.1) is 6.54 Å². The summed E-state index contributed by atoms with van der Waals surface area (Å²) in [4.78, 5) is 25.3. The lowest BCUT2D eigenvalue weighted by Gasteiger charge is -2.26. The Morgan fingerprint density at radius 2 is 1.71 bits per heavy atom. The number of amides is 3. The van der Waals surface area contributed by atoms with Crippen LogP contribution in [-0.2, 0) is 11.2 Å². The van der Waals surface area contributed by atoms with Gasteiger partial charge in [-0.2, -0.15) is 0 Å². The average molecular weight is 289 g/mol. The molecular formula is C16H23N3O2. The highest BCUT2D eigenvalue weighted by molar-refractivity contribution is 5.84. The molecule has 0 bridgehead atoms. The summed E-state index contributed by atoms with van der Waals surface area (Å²) >= 11 is 0. The van der Waals surface area contributed by atoms with E-state index in [0.717, 1.165) is 32.4 Å². The smallest absolute Gasteiger partial charge is 0.315 e. The predicted octanol–water partition coefficient (Wildman–Crippen LogP) is 1.54. The maximum atomic E-state index is 11.9. The lowest BCUT2D eigenvalue weighted by molar-refractivity contribution is -0.130. The number of nitrogens with zero attached hydrogens (tertiary/aromatic N) is 1. The van der Waals surface area contributed by atoms with Crippen LogP contribution in [-0.4, -0.2) is 43.0 Å². The predicted molar refractivity (Wildman–Crippen MR) is 82.0 cm³/mol. The van der Waals surface area contributed by atoms with Gasteiger partial charge < -0.3 is 15.5 Å². The fourth-order valence-corrected chi connectivity index (χ4v) is 2.44. The molecule has 21 heavy (non-hydrogen) atoms. The molecule has 3 amide bonds. The Kier molecular flexibility index (Phi) is 6.06. The molecule has 5 heteroatoms. The quantitative estimate of drug-likeness (QED) is 0.864. The summed E-state index contributed by atoms with van der Waals surface area (Å²) in [6, 6.07) is 9.70. The Balaban J connectivity index is 1.60. The number of benzene rings is 1. The molecule has 5 nitrogen and oxygen atoms in total. The van der Waals surface area contributed by atoms with Crippen molar-refractivity contribution in [3.8, 4) is 0 Å². The highest BCUT2D eigenvalue weighted by Gasteiger charge is 2.16. The van der Waals surface area contributed by atoms with Crippen molar-refractivity contribution in [2.45, 2.75) is 25.7 Å². The lowest BCUT2D eigenvalue weighted by Crippen LogP contribution is -2.45. The number of carbonyl (C=O) groups excluding carboxylic acids is 2. The lowest BCUT2D eigenvalue weighted by atomic mass is 10.1. The van der Waals surface area contributed by atoms with Crippen LogP contribution in [0.3, 0.4) is 0 Å². The maximum absolute atomic E-state index is 11.9. The largest absolute Gasteiger partial charge is 0.341 e. The fourth-order valence-electron chi connectivity index (χ4n) is 2.44. The van der Waals surface area contributed by atoms with Crippen molar-refractivity contribution in [2.24, 2.45) is 0 Å². The normalized spacial score (nSPS) is 14.6. The minimum absolute atomic E-state index is 0.00732. The van der Waals surface area contributed by atoms with E-state index in [-0.39, 0.29) is 18.5 Å². The zero-order valence-electron chi connectivity index (χ0n) is 12.3. The van der Waals surface area contributed by atoms with Gasteiger partial charge in [-0.15, -0.1) is 0 Å². The van der Waals surface area contributed by atoms with Gasteiger partial charge in [-0.05, 0) is 31.2 Å². The van der Waals surface area contributed by atoms with E-state index in [1.807, 2.05) is 35.2 Å². The summed E-state index contributed by atoms with van der Waals surface area (Å²) in [6.07, 6.45) is 4.11. The van der Waals surface area contributed by atoms with Crippen LogP contribution in [0.1, 0.15) is 24.8 Å². The van der Waals surface area contributed by atoms with Crippen molar-refractivity contribution in [1.29, 1.82) is 0 Å². The van der Waals surface area contributed by atoms with Crippen LogP contribution in [0.4, 0.5) is 4.79 Å². The van der Waals surface area contributed by atoms with Gasteiger partial charge in [0.1, 0.15) is 0 Å². The summed E-state index contributed by atoms with van der Waals surface area (Å²) in [7, 11) is 0. The van der Waals surface area contributed by atoms with Gasteiger partial charge in [0.2, 0.25) is 5.91 Å². The van der Waals surface area contributed by atoms with Gasteiger partial charge in [-0.1, -0.05) is 30.3 Å². The van der Waals surface area contributed by atoms with Gasteiger partial charge in [0, 0.05) is 19.6 Å². The first-order chi connectivity index (χ1) is 10.3. The highest BCUT2D eigenvalue weighted by Crippen LogP contribution is 2.08. The van der Waals surface area contributed by atoms with E-state index >= 15 is 0 Å². The van der Waals surface area contributed by atoms with Crippen molar-refractivity contribution in [3.05, 3.63) is 35.9 Å². The molecule has 1 aliphatic heterocycles. The molecule has 2 rings (SSSR count). The zero-order valence-corrected chi connectivity index (χ0v) is 12.3. The fraction of sp³-hybridized carbons (Fsp3) is 0.500. The molecule has 0 aromatic heterocycles. The zero-order chi connectivity index (χ0) is 14.9. The summed E-state index contributed by atoms with van der Waals surface area (Å²) in [5.41, 5.74) is 1.18. The molecule has 114 valence electrons. The second-order valence-corrected chi connectivity index (χ2v) is 5.29. The number of hydrogen-bond acceptors (Lipinski definition) is 2. The van der Waals surface area contributed by atoms with Crippen LogP contribution in [0.25, 0.3) is 0 Å². The van der Waals surface area contributed by atoms with Crippen LogP contribution >= 0.6 is 0 Å². The van der Waals surface area contributed by atoms with E-state index in [4.69, 9.17) is 0 Å². The molecule has 1 fully saturated rings. The van der Waals surface area contributed by atoms with Gasteiger partial charge in [0.15, 0.2) is 0 Å². The Hall–Kier alpha value is -2.04. The van der Waals surface area contributed by atoms with Crippen molar-refractivity contribution >= 4 is 11.9 Å². The molecule has 2 N–H and O–H groups in total. The minimum Gasteiger partial charge on any atom is -0.341 e. The van der Waals surface area contributed by atoms with E-state index in [0.29, 0.717) is 6.54 Å². The van der Waals surface area contributed by atoms with E-state index in [9.17, 15) is 9.59 Å². The molecule has 1 aromatic rings. The third kappa shape index (κ3) is 5.45. The summed E-state index contributed by atoms with van der Waals surface area (Å²) in [5, 5.41) is 5.39. The van der Waals surface area contributed by atoms with Gasteiger partial charge >= 0.3 is 6.03 Å². The monoisotopic (exact) mass is 289 g/mol. The average Bonchev–Trinajstić information content (AvgIpc) is 2.54. The van der Waals surface area contributed by atoms with Crippen LogP contribution in [0.5, 0.6) is 0 Å². The van der Waals surface area contributed by atoms with Crippen LogP contribution < -0.4 is 10.6 Å². The van der Waals surface area contributed by atoms with Crippen LogP contribution in [0, 0.1) is 0 Å². The number of piperidine rings is 1. The van der Waals surface area contributed by atoms with Crippen LogP contribution in [0.2, 0.25) is 0 Å². The number of likely N-dealkylation sites (tertiary alicyclic amines) is 1.